The Balaban J connectivity index is 0.000000954. The lowest BCUT2D eigenvalue weighted by Gasteiger charge is -2.30. The van der Waals surface area contributed by atoms with Crippen LogP contribution in [-0.2, 0) is 9.59 Å². The van der Waals surface area contributed by atoms with E-state index in [1.807, 2.05) is 21.1 Å². The first kappa shape index (κ1) is 29.5. The number of aliphatic hydroxyl groups is 1. The average Bonchev–Trinajstić information content (AvgIpc) is 3.04. The highest BCUT2D eigenvalue weighted by atomic mass is 16.4. The Kier molecular flexibility index (Phi) is 15.4. The zero-order chi connectivity index (χ0) is 23.8. The second-order valence-corrected chi connectivity index (χ2v) is 9.63. The van der Waals surface area contributed by atoms with Crippen LogP contribution in [0.5, 0.6) is 0 Å². The predicted octanol–water partition coefficient (Wildman–Crippen LogP) is 3.34. The van der Waals surface area contributed by atoms with E-state index in [2.05, 4.69) is 11.9 Å². The average molecular weight is 446 g/mol. The van der Waals surface area contributed by atoms with Crippen LogP contribution in [0.1, 0.15) is 77.6 Å². The molecule has 0 saturated heterocycles. The molecule has 0 spiro atoms. The third kappa shape index (κ3) is 15.0. The molecular weight excluding hydrogens is 398 g/mol. The van der Waals surface area contributed by atoms with Crippen LogP contribution in [0.25, 0.3) is 0 Å². The fraction of sp³-hybridized carbons (Fsp3) is 0.870. The van der Waals surface area contributed by atoms with Crippen LogP contribution in [0, 0.1) is 0 Å². The number of aliphatic imine (C=N–C) groups is 1. The summed E-state index contributed by atoms with van der Waals surface area (Å²) in [5.74, 6) is -0.733. The molecule has 1 heterocycles. The van der Waals surface area contributed by atoms with E-state index in [1.165, 1.54) is 57.8 Å². The molecule has 0 bridgehead atoms. The van der Waals surface area contributed by atoms with Crippen LogP contribution in [0.3, 0.4) is 0 Å². The number of carbonyl (C=O) groups is 2. The van der Waals surface area contributed by atoms with Gasteiger partial charge in [-0.1, -0.05) is 64.7 Å². The minimum atomic E-state index is -0.864. The van der Waals surface area contributed by atoms with Gasteiger partial charge in [-0.25, -0.2) is 19.1 Å². The monoisotopic (exact) mass is 445 g/mol. The van der Waals surface area contributed by atoms with E-state index in [1.54, 1.807) is 0 Å². The van der Waals surface area contributed by atoms with Crippen molar-refractivity contribution in [2.24, 2.45) is 4.99 Å². The summed E-state index contributed by atoms with van der Waals surface area (Å²) in [7, 11) is 5.52. The number of aliphatic carboxylic acids is 2. The zero-order valence-electron chi connectivity index (χ0n) is 20.3. The van der Waals surface area contributed by atoms with Gasteiger partial charge >= 0.3 is 11.9 Å². The quantitative estimate of drug-likeness (QED) is 0.249. The Morgan fingerprint density at radius 3 is 1.81 bits per heavy atom. The summed E-state index contributed by atoms with van der Waals surface area (Å²) < 4.78 is 0.627. The molecule has 182 valence electrons. The van der Waals surface area contributed by atoms with E-state index >= 15 is 0 Å². The molecule has 8 heteroatoms. The number of unbranched alkanes of at least 4 members (excludes halogenated alkanes) is 9. The Hall–Kier alpha value is -1.51. The molecule has 3 N–H and O–H groups in total. The molecule has 1 unspecified atom stereocenters. The topological polar surface area (TPSA) is 107 Å². The molecule has 0 aromatic carbocycles. The van der Waals surface area contributed by atoms with Gasteiger partial charge in [-0.05, 0) is 6.42 Å². The lowest BCUT2D eigenvalue weighted by atomic mass is 10.1. The van der Waals surface area contributed by atoms with E-state index in [0.29, 0.717) is 17.6 Å². The van der Waals surface area contributed by atoms with E-state index < -0.39 is 11.9 Å². The number of amidine groups is 1. The maximum Gasteiger partial charge on any atom is 0.359 e. The van der Waals surface area contributed by atoms with Crippen molar-refractivity contribution in [3.05, 3.63) is 0 Å². The van der Waals surface area contributed by atoms with Crippen molar-refractivity contribution in [3.63, 3.8) is 0 Å². The van der Waals surface area contributed by atoms with Gasteiger partial charge < -0.3 is 19.8 Å². The highest BCUT2D eigenvalue weighted by Gasteiger charge is 2.39. The van der Waals surface area contributed by atoms with Crippen molar-refractivity contribution in [3.8, 4) is 0 Å². The summed E-state index contributed by atoms with van der Waals surface area (Å²) in [4.78, 5) is 25.5. The molecule has 1 aliphatic heterocycles. The van der Waals surface area contributed by atoms with Gasteiger partial charge in [0.05, 0.1) is 27.7 Å². The van der Waals surface area contributed by atoms with Crippen molar-refractivity contribution in [2.45, 2.75) is 77.6 Å². The molecule has 8 nitrogen and oxygen atoms in total. The molecule has 0 radical (unpaired) electrons. The van der Waals surface area contributed by atoms with Gasteiger partial charge in [0.25, 0.3) is 0 Å². The Morgan fingerprint density at radius 2 is 1.42 bits per heavy atom. The van der Waals surface area contributed by atoms with Crippen LogP contribution in [0.4, 0.5) is 0 Å². The highest BCUT2D eigenvalue weighted by Crippen LogP contribution is 2.19. The van der Waals surface area contributed by atoms with Crippen LogP contribution in [0.15, 0.2) is 4.99 Å². The minimum Gasteiger partial charge on any atom is -0.477 e. The summed E-state index contributed by atoms with van der Waals surface area (Å²) >= 11 is 0. The number of rotatable bonds is 16. The Labute approximate surface area is 188 Å². The number of nitrogens with zero attached hydrogens (tertiary/aromatic N) is 3. The molecule has 0 fully saturated rings. The van der Waals surface area contributed by atoms with Crippen LogP contribution >= 0.6 is 0 Å². The van der Waals surface area contributed by atoms with Crippen LogP contribution < -0.4 is 0 Å². The number of carboxylic acids is 2. The van der Waals surface area contributed by atoms with E-state index in [-0.39, 0.29) is 24.3 Å². The van der Waals surface area contributed by atoms with E-state index in [4.69, 9.17) is 10.2 Å². The largest absolute Gasteiger partial charge is 0.477 e. The van der Waals surface area contributed by atoms with Crippen molar-refractivity contribution in [1.82, 2.24) is 0 Å². The molecule has 0 aromatic heterocycles. The summed E-state index contributed by atoms with van der Waals surface area (Å²) in [5.41, 5.74) is 0. The second-order valence-electron chi connectivity index (χ2n) is 9.63. The predicted molar refractivity (Wildman–Crippen MR) is 124 cm³/mol. The van der Waals surface area contributed by atoms with Gasteiger partial charge in [0, 0.05) is 6.42 Å². The Bertz CT molecular complexity index is 546. The summed E-state index contributed by atoms with van der Waals surface area (Å²) in [6.45, 7) is 3.49. The number of quaternary nitrogens is 2. The van der Waals surface area contributed by atoms with Crippen molar-refractivity contribution in [2.75, 3.05) is 54.1 Å². The number of aliphatic hydroxyl groups excluding tert-OH is 1. The van der Waals surface area contributed by atoms with E-state index in [9.17, 15) is 14.7 Å². The number of hydrogen-bond acceptors (Lipinski definition) is 4. The maximum atomic E-state index is 11.0. The van der Waals surface area contributed by atoms with Crippen molar-refractivity contribution < 1.29 is 33.9 Å². The molecule has 31 heavy (non-hydrogen) atoms. The summed E-state index contributed by atoms with van der Waals surface area (Å²) in [5, 5.41) is 26.9. The van der Waals surface area contributed by atoms with Gasteiger partial charge in [0.1, 0.15) is 6.54 Å². The number of hydrogen-bond donors (Lipinski definition) is 3. The summed E-state index contributed by atoms with van der Waals surface area (Å²) in [6.07, 6.45) is 13.7. The molecular formula is C23H47N3O5+2. The minimum absolute atomic E-state index is 0.0485. The lowest BCUT2D eigenvalue weighted by Crippen LogP contribution is -2.54. The third-order valence-corrected chi connectivity index (χ3v) is 5.44. The van der Waals surface area contributed by atoms with Gasteiger partial charge in [-0.3, -0.25) is 0 Å². The first-order valence-corrected chi connectivity index (χ1v) is 11.8. The summed E-state index contributed by atoms with van der Waals surface area (Å²) in [6, 6.07) is 0. The molecule has 0 aromatic rings. The second kappa shape index (κ2) is 16.2. The molecule has 0 aliphatic carbocycles. The molecule has 0 amide bonds. The number of carboxylic acid groups (broad SMARTS) is 2. The molecule has 1 aliphatic rings. The molecule has 1 atom stereocenters. The fourth-order valence-electron chi connectivity index (χ4n) is 3.77. The first-order chi connectivity index (χ1) is 14.6. The maximum absolute atomic E-state index is 11.0. The molecule has 1 rings (SSSR count). The SMILES string of the molecule is CCCCCCCCCCCCC1=NCC[N+]1(CO)CC(=O)O.C[N+](C)(C)CC(=O)O. The smallest absolute Gasteiger partial charge is 0.359 e. The van der Waals surface area contributed by atoms with Crippen molar-refractivity contribution >= 4 is 17.8 Å². The first-order valence-electron chi connectivity index (χ1n) is 11.8. The van der Waals surface area contributed by atoms with Gasteiger partial charge in [0.2, 0.25) is 5.84 Å². The highest BCUT2D eigenvalue weighted by molar-refractivity contribution is 5.79. The fourth-order valence-corrected chi connectivity index (χ4v) is 3.77. The van der Waals surface area contributed by atoms with Crippen LogP contribution in [-0.4, -0.2) is 96.1 Å². The Morgan fingerprint density at radius 1 is 0.903 bits per heavy atom. The molecule has 0 saturated carbocycles. The van der Waals surface area contributed by atoms with Gasteiger partial charge in [-0.15, -0.1) is 0 Å². The van der Waals surface area contributed by atoms with E-state index in [0.717, 1.165) is 18.7 Å². The standard InChI is InChI=1S/C18H34N2O3.C5H11NO2/c1-2-3-4-5-6-7-8-9-10-11-12-17-19-13-14-20(17,16-21)15-18(22)23;1-6(2,3)4-5(7)8/h21H,2-16H2,1H3;4H2,1-3H3/p+2. The zero-order valence-corrected chi connectivity index (χ0v) is 20.3. The van der Waals surface area contributed by atoms with Gasteiger partial charge in [0.15, 0.2) is 19.8 Å². The normalized spacial score (nSPS) is 18.3. The number of likely N-dealkylation sites (N-methyl/N-ethyl adjacent to an activating group) is 1. The van der Waals surface area contributed by atoms with Gasteiger partial charge in [-0.2, -0.15) is 0 Å². The third-order valence-electron chi connectivity index (χ3n) is 5.44. The lowest BCUT2D eigenvalue weighted by molar-refractivity contribution is -0.862. The van der Waals surface area contributed by atoms with Crippen LogP contribution in [0.2, 0.25) is 0 Å². The van der Waals surface area contributed by atoms with Crippen molar-refractivity contribution in [1.29, 1.82) is 0 Å².